The summed E-state index contributed by atoms with van der Waals surface area (Å²) in [6.07, 6.45) is 2.24. The lowest BCUT2D eigenvalue weighted by Crippen LogP contribution is -2.53. The number of rotatable bonds is 7. The molecule has 0 aliphatic heterocycles. The zero-order valence-electron chi connectivity index (χ0n) is 12.6. The highest BCUT2D eigenvalue weighted by atomic mass is 32.2. The fraction of sp³-hybridized carbons (Fsp3) is 0.909. The maximum absolute atomic E-state index is 12.1. The normalized spacial score (nSPS) is 16.2. The molecule has 0 bridgehead atoms. The predicted octanol–water partition coefficient (Wildman–Crippen LogP) is 1.93. The lowest BCUT2D eigenvalue weighted by atomic mass is 10.2. The molecule has 2 atom stereocenters. The fourth-order valence-electron chi connectivity index (χ4n) is 1.43. The Morgan fingerprint density at radius 3 is 2.06 bits per heavy atom. The van der Waals surface area contributed by atoms with Crippen LogP contribution in [0.1, 0.15) is 6.42 Å². The molecule has 0 saturated carbocycles. The van der Waals surface area contributed by atoms with Crippen LogP contribution in [0.3, 0.4) is 0 Å². The summed E-state index contributed by atoms with van der Waals surface area (Å²) in [7, 11) is -4.30. The number of nitrogens with one attached hydrogen (secondary N) is 1. The Kier molecular flexibility index (Phi) is 6.98. The topological polar surface area (TPSA) is 55.4 Å². The van der Waals surface area contributed by atoms with E-state index in [0.717, 1.165) is 0 Å². The molecular formula is C11H27NO3SSi2. The first-order chi connectivity index (χ1) is 7.91. The van der Waals surface area contributed by atoms with Gasteiger partial charge in [-0.05, 0) is 26.1 Å². The highest BCUT2D eigenvalue weighted by molar-refractivity contribution is 7.84. The quantitative estimate of drug-likeness (QED) is 0.730. The molecule has 1 N–H and O–H groups in total. The minimum Gasteiger partial charge on any atom is -0.519 e. The largest absolute Gasteiger partial charge is 0.519 e. The zero-order chi connectivity index (χ0) is 14.6. The van der Waals surface area contributed by atoms with E-state index >= 15 is 0 Å². The first-order valence-electron chi connectivity index (χ1n) is 6.21. The molecular weight excluding hydrogens is 282 g/mol. The maximum Gasteiger partial charge on any atom is 0.309 e. The number of hydrogen-bond acceptors (Lipinski definition) is 4. The van der Waals surface area contributed by atoms with Crippen molar-refractivity contribution < 1.29 is 13.4 Å². The van der Waals surface area contributed by atoms with Crippen LogP contribution in [0.2, 0.25) is 39.3 Å². The lowest BCUT2D eigenvalue weighted by molar-refractivity contribution is -0.137. The third kappa shape index (κ3) is 9.98. The second-order valence-corrected chi connectivity index (χ2v) is 17.3. The Bertz CT molecular complexity index is 310. The smallest absolute Gasteiger partial charge is 0.309 e. The summed E-state index contributed by atoms with van der Waals surface area (Å²) >= 11 is 0. The van der Waals surface area contributed by atoms with E-state index in [9.17, 15) is 9.00 Å². The Morgan fingerprint density at radius 1 is 1.22 bits per heavy atom. The summed E-state index contributed by atoms with van der Waals surface area (Å²) in [4.78, 5) is 15.5. The average Bonchev–Trinajstić information content (AvgIpc) is 2.06. The molecule has 0 aliphatic rings. The number of hydrogen-bond donors (Lipinski definition) is 1. The van der Waals surface area contributed by atoms with Crippen molar-refractivity contribution in [2.45, 2.75) is 51.7 Å². The molecule has 0 heterocycles. The Balaban J connectivity index is 4.64. The summed E-state index contributed by atoms with van der Waals surface area (Å²) < 4.78 is 16.7. The molecule has 0 radical (unpaired) electrons. The molecule has 2 unspecified atom stereocenters. The molecule has 0 aromatic carbocycles. The molecule has 7 heteroatoms. The van der Waals surface area contributed by atoms with Gasteiger partial charge in [0.2, 0.25) is 8.32 Å². The number of carbonyl (C=O) groups excluding carboxylic acids is 1. The molecule has 0 spiro atoms. The van der Waals surface area contributed by atoms with Gasteiger partial charge in [-0.1, -0.05) is 19.6 Å². The van der Waals surface area contributed by atoms with Crippen molar-refractivity contribution in [1.29, 1.82) is 0 Å². The average molecular weight is 310 g/mol. The third-order valence-electron chi connectivity index (χ3n) is 1.99. The second kappa shape index (κ2) is 6.97. The van der Waals surface area contributed by atoms with E-state index in [4.69, 9.17) is 4.43 Å². The minimum atomic E-state index is -1.86. The van der Waals surface area contributed by atoms with Gasteiger partial charge in [0.05, 0.1) is 6.04 Å². The first kappa shape index (κ1) is 18.0. The number of carbonyl (C=O) groups is 1. The maximum atomic E-state index is 12.1. The van der Waals surface area contributed by atoms with Crippen molar-refractivity contribution in [3.8, 4) is 0 Å². The third-order valence-corrected chi connectivity index (χ3v) is 4.83. The van der Waals surface area contributed by atoms with Crippen LogP contribution < -0.4 is 4.98 Å². The lowest BCUT2D eigenvalue weighted by Gasteiger charge is -2.28. The van der Waals surface area contributed by atoms with Crippen LogP contribution in [0.5, 0.6) is 0 Å². The van der Waals surface area contributed by atoms with Crippen molar-refractivity contribution in [3.05, 3.63) is 0 Å². The molecule has 0 fully saturated rings. The van der Waals surface area contributed by atoms with Gasteiger partial charge in [0, 0.05) is 22.8 Å². The molecule has 0 saturated heterocycles. The van der Waals surface area contributed by atoms with Gasteiger partial charge in [0.15, 0.2) is 0 Å². The predicted molar refractivity (Wildman–Crippen MR) is 83.3 cm³/mol. The Hall–Kier alpha value is 0.0138. The second-order valence-electron chi connectivity index (χ2n) is 6.55. The Morgan fingerprint density at radius 2 is 1.72 bits per heavy atom. The standard InChI is InChI=1S/C11H27NO3SSi2/c1-16(14)9-8-10(12-17(2,3)4)11(13)15-18(5,6)7/h10,12H,8-9H2,1-7H3. The summed E-state index contributed by atoms with van der Waals surface area (Å²) in [5.41, 5.74) is 0. The summed E-state index contributed by atoms with van der Waals surface area (Å²) in [5.74, 6) is 0.352. The van der Waals surface area contributed by atoms with Gasteiger partial charge in [-0.25, -0.2) is 0 Å². The van der Waals surface area contributed by atoms with E-state index < -0.39 is 27.4 Å². The molecule has 108 valence electrons. The van der Waals surface area contributed by atoms with Crippen LogP contribution in [0, 0.1) is 0 Å². The van der Waals surface area contributed by atoms with Crippen LogP contribution in [-0.2, 0) is 20.0 Å². The van der Waals surface area contributed by atoms with E-state index in [1.165, 1.54) is 0 Å². The van der Waals surface area contributed by atoms with E-state index in [-0.39, 0.29) is 12.0 Å². The molecule has 4 nitrogen and oxygen atoms in total. The van der Waals surface area contributed by atoms with Gasteiger partial charge in [-0.15, -0.1) is 0 Å². The van der Waals surface area contributed by atoms with Gasteiger partial charge in [-0.3, -0.25) is 9.00 Å². The highest BCUT2D eigenvalue weighted by Gasteiger charge is 2.29. The molecule has 0 amide bonds. The summed E-state index contributed by atoms with van der Waals surface area (Å²) in [5, 5.41) is 0. The fourth-order valence-corrected chi connectivity index (χ4v) is 4.05. The zero-order valence-corrected chi connectivity index (χ0v) is 15.4. The van der Waals surface area contributed by atoms with Gasteiger partial charge >= 0.3 is 5.97 Å². The van der Waals surface area contributed by atoms with Crippen molar-refractivity contribution in [2.24, 2.45) is 0 Å². The van der Waals surface area contributed by atoms with E-state index in [2.05, 4.69) is 24.6 Å². The molecule has 18 heavy (non-hydrogen) atoms. The van der Waals surface area contributed by atoms with Crippen molar-refractivity contribution in [2.75, 3.05) is 12.0 Å². The summed E-state index contributed by atoms with van der Waals surface area (Å²) in [6.45, 7) is 12.4. The molecule has 0 aromatic rings. The molecule has 0 rings (SSSR count). The molecule has 0 aromatic heterocycles. The van der Waals surface area contributed by atoms with Crippen molar-refractivity contribution in [3.63, 3.8) is 0 Å². The summed E-state index contributed by atoms with van der Waals surface area (Å²) in [6, 6.07) is -0.313. The monoisotopic (exact) mass is 309 g/mol. The van der Waals surface area contributed by atoms with Crippen LogP contribution in [0.25, 0.3) is 0 Å². The van der Waals surface area contributed by atoms with Crippen LogP contribution >= 0.6 is 0 Å². The first-order valence-corrected chi connectivity index (χ1v) is 14.8. The van der Waals surface area contributed by atoms with Gasteiger partial charge in [-0.2, -0.15) is 0 Å². The van der Waals surface area contributed by atoms with Crippen LogP contribution in [-0.4, -0.2) is 44.8 Å². The van der Waals surface area contributed by atoms with E-state index in [1.54, 1.807) is 6.26 Å². The van der Waals surface area contributed by atoms with Crippen LogP contribution in [0.15, 0.2) is 0 Å². The minimum absolute atomic E-state index is 0.179. The van der Waals surface area contributed by atoms with Gasteiger partial charge in [0.1, 0.15) is 8.24 Å². The van der Waals surface area contributed by atoms with Gasteiger partial charge < -0.3 is 9.41 Å². The van der Waals surface area contributed by atoms with Crippen LogP contribution in [0.4, 0.5) is 0 Å². The Labute approximate surface area is 116 Å². The van der Waals surface area contributed by atoms with E-state index in [0.29, 0.717) is 12.2 Å². The van der Waals surface area contributed by atoms with Crippen molar-refractivity contribution >= 4 is 33.3 Å². The van der Waals surface area contributed by atoms with Gasteiger partial charge in [0.25, 0.3) is 0 Å². The highest BCUT2D eigenvalue weighted by Crippen LogP contribution is 2.09. The van der Waals surface area contributed by atoms with E-state index in [1.807, 2.05) is 19.6 Å². The van der Waals surface area contributed by atoms with Crippen molar-refractivity contribution in [1.82, 2.24) is 4.98 Å². The SMILES string of the molecule is CS(=O)CCC(N[Si](C)(C)C)C(=O)O[Si](C)(C)C. The molecule has 0 aliphatic carbocycles.